The zero-order valence-corrected chi connectivity index (χ0v) is 11.8. The molecular formula is C12H19FN2O3S. The Labute approximate surface area is 113 Å². The van der Waals surface area contributed by atoms with Gasteiger partial charge >= 0.3 is 0 Å². The van der Waals surface area contributed by atoms with Crippen LogP contribution in [0.15, 0.2) is 23.1 Å². The zero-order valence-electron chi connectivity index (χ0n) is 11.0. The molecule has 0 aromatic heterocycles. The predicted octanol–water partition coefficient (Wildman–Crippen LogP) is 1.50. The van der Waals surface area contributed by atoms with Crippen molar-refractivity contribution in [3.8, 4) is 0 Å². The summed E-state index contributed by atoms with van der Waals surface area (Å²) >= 11 is 0. The summed E-state index contributed by atoms with van der Waals surface area (Å²) < 4.78 is 44.9. The number of sulfonamides is 1. The average molecular weight is 290 g/mol. The van der Waals surface area contributed by atoms with Crippen molar-refractivity contribution in [2.75, 3.05) is 19.5 Å². The third-order valence-corrected chi connectivity index (χ3v) is 4.17. The first-order valence-electron chi connectivity index (χ1n) is 5.97. The minimum Gasteiger partial charge on any atom is -0.398 e. The van der Waals surface area contributed by atoms with Gasteiger partial charge in [0.05, 0.1) is 12.3 Å². The third-order valence-electron chi connectivity index (χ3n) is 2.59. The van der Waals surface area contributed by atoms with Crippen LogP contribution in [0.1, 0.15) is 19.8 Å². The summed E-state index contributed by atoms with van der Waals surface area (Å²) in [5.74, 6) is -0.645. The lowest BCUT2D eigenvalue weighted by Gasteiger charge is -2.18. The Morgan fingerprint density at radius 3 is 2.74 bits per heavy atom. The molecule has 1 rings (SSSR count). The van der Waals surface area contributed by atoms with Crippen molar-refractivity contribution in [2.24, 2.45) is 0 Å². The van der Waals surface area contributed by atoms with Crippen LogP contribution in [0.5, 0.6) is 0 Å². The van der Waals surface area contributed by atoms with Crippen LogP contribution < -0.4 is 10.5 Å². The Balaban J connectivity index is 2.99. The Kier molecular flexibility index (Phi) is 5.71. The number of anilines is 1. The van der Waals surface area contributed by atoms with Crippen molar-refractivity contribution in [1.82, 2.24) is 4.72 Å². The number of benzene rings is 1. The SMILES string of the molecule is CCCC(COC)NS(=O)(=O)c1cc(F)ccc1N. The molecule has 0 fully saturated rings. The van der Waals surface area contributed by atoms with E-state index < -0.39 is 15.8 Å². The van der Waals surface area contributed by atoms with Crippen LogP contribution in [0.2, 0.25) is 0 Å². The maximum absolute atomic E-state index is 13.1. The first kappa shape index (κ1) is 15.9. The molecule has 1 atom stereocenters. The van der Waals surface area contributed by atoms with Crippen molar-refractivity contribution in [1.29, 1.82) is 0 Å². The predicted molar refractivity (Wildman–Crippen MR) is 71.7 cm³/mol. The normalized spacial score (nSPS) is 13.4. The Hall–Kier alpha value is -1.18. The van der Waals surface area contributed by atoms with Gasteiger partial charge in [0.15, 0.2) is 0 Å². The summed E-state index contributed by atoms with van der Waals surface area (Å²) in [5, 5.41) is 0. The Morgan fingerprint density at radius 1 is 1.47 bits per heavy atom. The highest BCUT2D eigenvalue weighted by atomic mass is 32.2. The molecule has 0 amide bonds. The smallest absolute Gasteiger partial charge is 0.243 e. The minimum absolute atomic E-state index is 0.0153. The second kappa shape index (κ2) is 6.83. The first-order valence-corrected chi connectivity index (χ1v) is 7.45. The molecule has 0 saturated heterocycles. The van der Waals surface area contributed by atoms with Gasteiger partial charge in [-0.3, -0.25) is 0 Å². The van der Waals surface area contributed by atoms with Crippen LogP contribution >= 0.6 is 0 Å². The van der Waals surface area contributed by atoms with E-state index in [1.54, 1.807) is 0 Å². The number of hydrogen-bond donors (Lipinski definition) is 2. The van der Waals surface area contributed by atoms with E-state index >= 15 is 0 Å². The van der Waals surface area contributed by atoms with Gasteiger partial charge in [-0.2, -0.15) is 0 Å². The molecule has 7 heteroatoms. The zero-order chi connectivity index (χ0) is 14.5. The van der Waals surface area contributed by atoms with Gasteiger partial charge < -0.3 is 10.5 Å². The molecule has 0 spiro atoms. The highest BCUT2D eigenvalue weighted by molar-refractivity contribution is 7.89. The first-order chi connectivity index (χ1) is 8.90. The fourth-order valence-electron chi connectivity index (χ4n) is 1.75. The molecular weight excluding hydrogens is 271 g/mol. The maximum Gasteiger partial charge on any atom is 0.243 e. The van der Waals surface area contributed by atoms with Crippen LogP contribution in [0, 0.1) is 5.82 Å². The maximum atomic E-state index is 13.1. The minimum atomic E-state index is -3.85. The van der Waals surface area contributed by atoms with E-state index in [9.17, 15) is 12.8 Å². The van der Waals surface area contributed by atoms with Gasteiger partial charge in [0.25, 0.3) is 0 Å². The molecule has 1 unspecified atom stereocenters. The average Bonchev–Trinajstić information content (AvgIpc) is 2.32. The number of methoxy groups -OCH3 is 1. The summed E-state index contributed by atoms with van der Waals surface area (Å²) in [4.78, 5) is -0.246. The number of halogens is 1. The van der Waals surface area contributed by atoms with Gasteiger partial charge in [0.2, 0.25) is 10.0 Å². The van der Waals surface area contributed by atoms with Crippen molar-refractivity contribution in [3.05, 3.63) is 24.0 Å². The standard InChI is InChI=1S/C12H19FN2O3S/c1-3-4-10(8-18-2)15-19(16,17)12-7-9(13)5-6-11(12)14/h5-7,10,15H,3-4,8,14H2,1-2H3. The number of ether oxygens (including phenoxy) is 1. The molecule has 0 aliphatic heterocycles. The lowest BCUT2D eigenvalue weighted by Crippen LogP contribution is -2.38. The Bertz CT molecular complexity index is 514. The van der Waals surface area contributed by atoms with Crippen LogP contribution in [0.25, 0.3) is 0 Å². The summed E-state index contributed by atoms with van der Waals surface area (Å²) in [6.07, 6.45) is 1.43. The van der Waals surface area contributed by atoms with E-state index in [0.717, 1.165) is 18.6 Å². The number of hydrogen-bond acceptors (Lipinski definition) is 4. The van der Waals surface area contributed by atoms with Gasteiger partial charge in [0.1, 0.15) is 10.7 Å². The second-order valence-electron chi connectivity index (χ2n) is 4.24. The van der Waals surface area contributed by atoms with Crippen molar-refractivity contribution in [2.45, 2.75) is 30.7 Å². The lowest BCUT2D eigenvalue weighted by atomic mass is 10.2. The van der Waals surface area contributed by atoms with Gasteiger partial charge in [-0.25, -0.2) is 17.5 Å². The molecule has 1 aromatic carbocycles. The molecule has 3 N–H and O–H groups in total. The van der Waals surface area contributed by atoms with E-state index in [1.165, 1.54) is 13.2 Å². The van der Waals surface area contributed by atoms with E-state index in [4.69, 9.17) is 10.5 Å². The number of nitrogens with one attached hydrogen (secondary N) is 1. The topological polar surface area (TPSA) is 81.4 Å². The van der Waals surface area contributed by atoms with Crippen molar-refractivity contribution < 1.29 is 17.5 Å². The molecule has 0 aliphatic carbocycles. The van der Waals surface area contributed by atoms with Crippen LogP contribution in [-0.2, 0) is 14.8 Å². The summed E-state index contributed by atoms with van der Waals surface area (Å²) in [7, 11) is -2.36. The van der Waals surface area contributed by atoms with E-state index in [-0.39, 0.29) is 23.2 Å². The van der Waals surface area contributed by atoms with Crippen molar-refractivity contribution >= 4 is 15.7 Å². The molecule has 0 saturated carbocycles. The summed E-state index contributed by atoms with van der Waals surface area (Å²) in [5.41, 5.74) is 5.60. The molecule has 1 aromatic rings. The number of rotatable bonds is 7. The fraction of sp³-hybridized carbons (Fsp3) is 0.500. The summed E-state index contributed by atoms with van der Waals surface area (Å²) in [6, 6.07) is 2.90. The summed E-state index contributed by atoms with van der Waals surface area (Å²) in [6.45, 7) is 2.19. The third kappa shape index (κ3) is 4.45. The molecule has 5 nitrogen and oxygen atoms in total. The van der Waals surface area contributed by atoms with E-state index in [1.807, 2.05) is 6.92 Å². The van der Waals surface area contributed by atoms with Crippen LogP contribution in [0.4, 0.5) is 10.1 Å². The van der Waals surface area contributed by atoms with Gasteiger partial charge in [-0.15, -0.1) is 0 Å². The fourth-order valence-corrected chi connectivity index (χ4v) is 3.15. The molecule has 19 heavy (non-hydrogen) atoms. The highest BCUT2D eigenvalue weighted by Crippen LogP contribution is 2.19. The quantitative estimate of drug-likeness (QED) is 0.746. The van der Waals surface area contributed by atoms with E-state index in [0.29, 0.717) is 6.42 Å². The second-order valence-corrected chi connectivity index (χ2v) is 5.93. The van der Waals surface area contributed by atoms with Crippen molar-refractivity contribution in [3.63, 3.8) is 0 Å². The number of nitrogens with two attached hydrogens (primary N) is 1. The number of nitrogen functional groups attached to an aromatic ring is 1. The van der Waals surface area contributed by atoms with Gasteiger partial charge in [-0.1, -0.05) is 13.3 Å². The molecule has 108 valence electrons. The molecule has 0 bridgehead atoms. The highest BCUT2D eigenvalue weighted by Gasteiger charge is 2.22. The van der Waals surface area contributed by atoms with E-state index in [2.05, 4.69) is 4.72 Å². The monoisotopic (exact) mass is 290 g/mol. The molecule has 0 aliphatic rings. The molecule has 0 radical (unpaired) electrons. The lowest BCUT2D eigenvalue weighted by molar-refractivity contribution is 0.171. The van der Waals surface area contributed by atoms with Gasteiger partial charge in [0, 0.05) is 13.2 Å². The van der Waals surface area contributed by atoms with Crippen LogP contribution in [-0.4, -0.2) is 28.2 Å². The largest absolute Gasteiger partial charge is 0.398 e. The van der Waals surface area contributed by atoms with Crippen LogP contribution in [0.3, 0.4) is 0 Å². The molecule has 0 heterocycles. The Morgan fingerprint density at radius 2 is 2.16 bits per heavy atom. The van der Waals surface area contributed by atoms with Gasteiger partial charge in [-0.05, 0) is 24.6 Å².